The van der Waals surface area contributed by atoms with Crippen LogP contribution in [0.25, 0.3) is 0 Å². The van der Waals surface area contributed by atoms with Gasteiger partial charge in [0.05, 0.1) is 12.3 Å². The van der Waals surface area contributed by atoms with Crippen LogP contribution in [0.3, 0.4) is 0 Å². The van der Waals surface area contributed by atoms with E-state index in [1.165, 1.54) is 0 Å². The van der Waals surface area contributed by atoms with Crippen LogP contribution >= 0.6 is 11.6 Å². The average Bonchev–Trinajstić information content (AvgIpc) is 2.89. The van der Waals surface area contributed by atoms with Crippen molar-refractivity contribution in [3.63, 3.8) is 0 Å². The summed E-state index contributed by atoms with van der Waals surface area (Å²) in [6.07, 6.45) is 2.20. The first-order valence-electron chi connectivity index (χ1n) is 4.98. The van der Waals surface area contributed by atoms with Crippen LogP contribution in [0, 0.1) is 0 Å². The minimum atomic E-state index is -0.0145. The van der Waals surface area contributed by atoms with Gasteiger partial charge in [-0.05, 0) is 19.1 Å². The molecule has 1 atom stereocenters. The standard InChI is InChI=1S/C10H12ClN3O2/c1-7(8-3-2-6-15-8)12-10-14-13-9(16-10)4-5-11/h2-3,6-7H,4-5H2,1H3,(H,12,14). The molecule has 0 aromatic carbocycles. The summed E-state index contributed by atoms with van der Waals surface area (Å²) in [6, 6.07) is 4.08. The van der Waals surface area contributed by atoms with Crippen molar-refractivity contribution in [1.82, 2.24) is 10.2 Å². The average molecular weight is 242 g/mol. The topological polar surface area (TPSA) is 64.1 Å². The highest BCUT2D eigenvalue weighted by atomic mass is 35.5. The summed E-state index contributed by atoms with van der Waals surface area (Å²) >= 11 is 5.57. The summed E-state index contributed by atoms with van der Waals surface area (Å²) in [5.41, 5.74) is 0. The molecule has 16 heavy (non-hydrogen) atoms. The first kappa shape index (κ1) is 11.0. The first-order chi connectivity index (χ1) is 7.79. The van der Waals surface area contributed by atoms with E-state index in [4.69, 9.17) is 20.4 Å². The predicted molar refractivity (Wildman–Crippen MR) is 59.5 cm³/mol. The van der Waals surface area contributed by atoms with Crippen molar-refractivity contribution in [2.24, 2.45) is 0 Å². The van der Waals surface area contributed by atoms with Crippen molar-refractivity contribution in [3.05, 3.63) is 30.0 Å². The molecule has 2 aromatic heterocycles. The highest BCUT2D eigenvalue weighted by Gasteiger charge is 2.12. The number of rotatable bonds is 5. The van der Waals surface area contributed by atoms with Crippen LogP contribution in [0.4, 0.5) is 6.01 Å². The van der Waals surface area contributed by atoms with Crippen molar-refractivity contribution in [3.8, 4) is 0 Å². The SMILES string of the molecule is CC(Nc1nnc(CCCl)o1)c1ccco1. The van der Waals surface area contributed by atoms with E-state index in [9.17, 15) is 0 Å². The molecule has 2 aromatic rings. The van der Waals surface area contributed by atoms with E-state index >= 15 is 0 Å². The van der Waals surface area contributed by atoms with Crippen LogP contribution in [0.2, 0.25) is 0 Å². The molecule has 0 amide bonds. The molecule has 0 aliphatic heterocycles. The largest absolute Gasteiger partial charge is 0.467 e. The number of hydrogen-bond acceptors (Lipinski definition) is 5. The highest BCUT2D eigenvalue weighted by molar-refractivity contribution is 6.17. The second-order valence-corrected chi connectivity index (χ2v) is 3.70. The molecule has 2 rings (SSSR count). The number of aryl methyl sites for hydroxylation is 1. The van der Waals surface area contributed by atoms with Crippen LogP contribution in [0.5, 0.6) is 0 Å². The fraction of sp³-hybridized carbons (Fsp3) is 0.400. The van der Waals surface area contributed by atoms with Crippen molar-refractivity contribution < 1.29 is 8.83 Å². The zero-order valence-corrected chi connectivity index (χ0v) is 9.57. The molecule has 0 saturated carbocycles. The molecular weight excluding hydrogens is 230 g/mol. The van der Waals surface area contributed by atoms with Crippen molar-refractivity contribution in [2.45, 2.75) is 19.4 Å². The molecule has 0 aliphatic carbocycles. The number of anilines is 1. The summed E-state index contributed by atoms with van der Waals surface area (Å²) in [6.45, 7) is 1.95. The Kier molecular flexibility index (Phi) is 3.46. The summed E-state index contributed by atoms with van der Waals surface area (Å²) in [5.74, 6) is 1.82. The second-order valence-electron chi connectivity index (χ2n) is 3.32. The highest BCUT2D eigenvalue weighted by Crippen LogP contribution is 2.18. The van der Waals surface area contributed by atoms with Crippen LogP contribution < -0.4 is 5.32 Å². The molecule has 6 heteroatoms. The Labute approximate surface area is 97.8 Å². The third kappa shape index (κ3) is 2.55. The minimum absolute atomic E-state index is 0.0145. The number of halogens is 1. The van der Waals surface area contributed by atoms with Gasteiger partial charge in [-0.2, -0.15) is 0 Å². The predicted octanol–water partition coefficient (Wildman–Crippen LogP) is 2.62. The zero-order chi connectivity index (χ0) is 11.4. The summed E-state index contributed by atoms with van der Waals surface area (Å²) < 4.78 is 10.6. The molecule has 1 unspecified atom stereocenters. The quantitative estimate of drug-likeness (QED) is 0.816. The monoisotopic (exact) mass is 241 g/mol. The van der Waals surface area contributed by atoms with E-state index in [0.29, 0.717) is 24.2 Å². The number of nitrogens with one attached hydrogen (secondary N) is 1. The van der Waals surface area contributed by atoms with Crippen LogP contribution in [0.1, 0.15) is 24.6 Å². The third-order valence-corrected chi connectivity index (χ3v) is 2.27. The number of alkyl halides is 1. The first-order valence-corrected chi connectivity index (χ1v) is 5.51. The Hall–Kier alpha value is -1.49. The Morgan fingerprint density at radius 3 is 3.06 bits per heavy atom. The van der Waals surface area contributed by atoms with Gasteiger partial charge in [0.2, 0.25) is 5.89 Å². The maximum Gasteiger partial charge on any atom is 0.316 e. The van der Waals surface area contributed by atoms with Gasteiger partial charge >= 0.3 is 6.01 Å². The van der Waals surface area contributed by atoms with Gasteiger partial charge < -0.3 is 14.2 Å². The van der Waals surface area contributed by atoms with Crippen molar-refractivity contribution >= 4 is 17.6 Å². The molecule has 0 bridgehead atoms. The number of nitrogens with zero attached hydrogens (tertiary/aromatic N) is 2. The van der Waals surface area contributed by atoms with Gasteiger partial charge in [-0.15, -0.1) is 16.7 Å². The Morgan fingerprint density at radius 1 is 1.50 bits per heavy atom. The van der Waals surface area contributed by atoms with Crippen LogP contribution in [-0.4, -0.2) is 16.1 Å². The lowest BCUT2D eigenvalue weighted by Gasteiger charge is -2.07. The normalized spacial score (nSPS) is 12.6. The van der Waals surface area contributed by atoms with E-state index < -0.39 is 0 Å². The van der Waals surface area contributed by atoms with Gasteiger partial charge in [-0.1, -0.05) is 5.10 Å². The molecule has 2 heterocycles. The number of aromatic nitrogens is 2. The van der Waals surface area contributed by atoms with Crippen LogP contribution in [0.15, 0.2) is 27.2 Å². The second kappa shape index (κ2) is 5.03. The summed E-state index contributed by atoms with van der Waals surface area (Å²) in [4.78, 5) is 0. The fourth-order valence-electron chi connectivity index (χ4n) is 1.29. The van der Waals surface area contributed by atoms with E-state index in [2.05, 4.69) is 15.5 Å². The summed E-state index contributed by atoms with van der Waals surface area (Å²) in [7, 11) is 0. The minimum Gasteiger partial charge on any atom is -0.467 e. The molecule has 1 N–H and O–H groups in total. The number of hydrogen-bond donors (Lipinski definition) is 1. The van der Waals surface area contributed by atoms with E-state index in [1.54, 1.807) is 6.26 Å². The molecule has 0 saturated heterocycles. The maximum absolute atomic E-state index is 5.57. The molecule has 86 valence electrons. The van der Waals surface area contributed by atoms with Gasteiger partial charge in [-0.3, -0.25) is 0 Å². The lowest BCUT2D eigenvalue weighted by molar-refractivity contribution is 0.472. The molecule has 5 nitrogen and oxygen atoms in total. The van der Waals surface area contributed by atoms with Gasteiger partial charge in [0.25, 0.3) is 0 Å². The Morgan fingerprint density at radius 2 is 2.38 bits per heavy atom. The number of furan rings is 1. The Balaban J connectivity index is 1.98. The molecule has 0 aliphatic rings. The fourth-order valence-corrected chi connectivity index (χ4v) is 1.45. The van der Waals surface area contributed by atoms with Gasteiger partial charge in [0.15, 0.2) is 0 Å². The van der Waals surface area contributed by atoms with E-state index in [0.717, 1.165) is 5.76 Å². The Bertz CT molecular complexity index is 427. The third-order valence-electron chi connectivity index (χ3n) is 2.09. The maximum atomic E-state index is 5.57. The van der Waals surface area contributed by atoms with E-state index in [1.807, 2.05) is 19.1 Å². The van der Waals surface area contributed by atoms with Crippen molar-refractivity contribution in [2.75, 3.05) is 11.2 Å². The molecule has 0 spiro atoms. The van der Waals surface area contributed by atoms with Gasteiger partial charge in [-0.25, -0.2) is 0 Å². The zero-order valence-electron chi connectivity index (χ0n) is 8.81. The smallest absolute Gasteiger partial charge is 0.316 e. The van der Waals surface area contributed by atoms with Crippen molar-refractivity contribution in [1.29, 1.82) is 0 Å². The molecule has 0 fully saturated rings. The molecule has 0 radical (unpaired) electrons. The van der Waals surface area contributed by atoms with Gasteiger partial charge in [0.1, 0.15) is 5.76 Å². The summed E-state index contributed by atoms with van der Waals surface area (Å²) in [5, 5.41) is 10.7. The van der Waals surface area contributed by atoms with Gasteiger partial charge in [0, 0.05) is 12.3 Å². The lowest BCUT2D eigenvalue weighted by atomic mass is 10.3. The van der Waals surface area contributed by atoms with E-state index in [-0.39, 0.29) is 6.04 Å². The van der Waals surface area contributed by atoms with Crippen LogP contribution in [-0.2, 0) is 6.42 Å². The molecular formula is C10H12ClN3O2. The lowest BCUT2D eigenvalue weighted by Crippen LogP contribution is -2.05.